The van der Waals surface area contributed by atoms with E-state index in [2.05, 4.69) is 28.2 Å². The maximum atomic E-state index is 13.2. The molecule has 206 valence electrons. The number of anilines is 1. The van der Waals surface area contributed by atoms with Crippen LogP contribution in [-0.2, 0) is 4.74 Å². The molecule has 1 aromatic heterocycles. The number of aromatic nitrogens is 1. The van der Waals surface area contributed by atoms with Crippen molar-refractivity contribution in [3.63, 3.8) is 0 Å². The minimum atomic E-state index is -0.125. The molecule has 8 heteroatoms. The third-order valence-electron chi connectivity index (χ3n) is 8.56. The molecule has 0 radical (unpaired) electrons. The number of fused-ring (bicyclic) bond motifs is 1. The van der Waals surface area contributed by atoms with Crippen molar-refractivity contribution < 1.29 is 14.3 Å². The number of hydrogen-bond acceptors (Lipinski definition) is 7. The molecule has 0 bridgehead atoms. The lowest BCUT2D eigenvalue weighted by atomic mass is 9.75. The molecule has 1 aliphatic carbocycles. The van der Waals surface area contributed by atoms with E-state index in [4.69, 9.17) is 19.7 Å². The predicted molar refractivity (Wildman–Crippen MR) is 155 cm³/mol. The lowest BCUT2D eigenvalue weighted by Crippen LogP contribution is -2.68. The number of nitrogens with one attached hydrogen (secondary N) is 2. The number of hydrogen-bond donors (Lipinski definition) is 2. The minimum absolute atomic E-state index is 0.125. The van der Waals surface area contributed by atoms with E-state index in [0.29, 0.717) is 35.0 Å². The summed E-state index contributed by atoms with van der Waals surface area (Å²) in [6.07, 6.45) is 4.23. The fourth-order valence-corrected chi connectivity index (χ4v) is 6.26. The lowest BCUT2D eigenvalue weighted by molar-refractivity contribution is -0.200. The van der Waals surface area contributed by atoms with Crippen molar-refractivity contribution in [3.8, 4) is 23.1 Å². The number of likely N-dealkylation sites (tertiary alicyclic amines) is 1. The average molecular weight is 538 g/mol. The Hall–Kier alpha value is -3.93. The monoisotopic (exact) mass is 537 g/mol. The summed E-state index contributed by atoms with van der Waals surface area (Å²) in [5, 5.41) is 17.6. The third kappa shape index (κ3) is 5.15. The van der Waals surface area contributed by atoms with Gasteiger partial charge in [0.05, 0.1) is 37.8 Å². The first-order valence-electron chi connectivity index (χ1n) is 14.0. The summed E-state index contributed by atoms with van der Waals surface area (Å²) in [6.45, 7) is 8.26. The molecule has 8 nitrogen and oxygen atoms in total. The minimum Gasteiger partial charge on any atom is -0.495 e. The molecule has 1 spiro atoms. The van der Waals surface area contributed by atoms with Crippen molar-refractivity contribution in [3.05, 3.63) is 66.4 Å². The summed E-state index contributed by atoms with van der Waals surface area (Å²) in [4.78, 5) is 20.5. The zero-order chi connectivity index (χ0) is 27.7. The molecule has 6 rings (SSSR count). The zero-order valence-electron chi connectivity index (χ0n) is 22.9. The van der Waals surface area contributed by atoms with Gasteiger partial charge < -0.3 is 20.1 Å². The molecule has 2 saturated heterocycles. The number of pyridine rings is 1. The van der Waals surface area contributed by atoms with Gasteiger partial charge in [-0.25, -0.2) is 4.98 Å². The molecule has 1 amide bonds. The standard InChI is InChI=1S/C32H35N5O3/c1-21(15-33)16-34-30-26-14-23(7-6-22(26)8-13-29(30)39-2)27-4-3-5-28(36-27)31(38)35-24-9-11-25(12-10-24)37-17-32(18-37)19-40-20-32/h3-8,13-14,24-25,34H,1,9-12,16-20H2,2H3,(H,35,38)/t24-,25-. The molecular weight excluding hydrogens is 502 g/mol. The zero-order valence-corrected chi connectivity index (χ0v) is 22.9. The van der Waals surface area contributed by atoms with E-state index in [1.54, 1.807) is 13.2 Å². The van der Waals surface area contributed by atoms with Gasteiger partial charge in [0.15, 0.2) is 0 Å². The number of benzene rings is 2. The molecule has 3 aliphatic rings. The van der Waals surface area contributed by atoms with Gasteiger partial charge >= 0.3 is 0 Å². The van der Waals surface area contributed by atoms with Crippen LogP contribution in [0.1, 0.15) is 36.2 Å². The number of methoxy groups -OCH3 is 1. The molecule has 0 atom stereocenters. The van der Waals surface area contributed by atoms with E-state index >= 15 is 0 Å². The molecule has 3 aromatic rings. The Balaban J connectivity index is 1.14. The van der Waals surface area contributed by atoms with Crippen LogP contribution in [-0.4, -0.2) is 67.8 Å². The fraction of sp³-hybridized carbons (Fsp3) is 0.406. The second-order valence-electron chi connectivity index (χ2n) is 11.4. The van der Waals surface area contributed by atoms with E-state index < -0.39 is 0 Å². The van der Waals surface area contributed by atoms with Gasteiger partial charge in [0, 0.05) is 53.7 Å². The first kappa shape index (κ1) is 26.3. The van der Waals surface area contributed by atoms with E-state index in [0.717, 1.165) is 66.6 Å². The maximum Gasteiger partial charge on any atom is 0.270 e. The van der Waals surface area contributed by atoms with E-state index in [-0.39, 0.29) is 11.9 Å². The SMILES string of the molecule is C=C(C#N)CNc1c(OC)ccc2ccc(-c3cccc(C(=O)N[C@H]4CC[C@H](N5CC6(COC6)C5)CC4)n3)cc12. The number of carbonyl (C=O) groups excluding carboxylic acids is 1. The van der Waals surface area contributed by atoms with Crippen LogP contribution in [0.15, 0.2) is 60.7 Å². The second-order valence-corrected chi connectivity index (χ2v) is 11.4. The Labute approximate surface area is 235 Å². The lowest BCUT2D eigenvalue weighted by Gasteiger charge is -2.58. The van der Waals surface area contributed by atoms with E-state index in [9.17, 15) is 4.79 Å². The highest BCUT2D eigenvalue weighted by atomic mass is 16.5. The van der Waals surface area contributed by atoms with Crippen molar-refractivity contribution in [1.82, 2.24) is 15.2 Å². The van der Waals surface area contributed by atoms with Gasteiger partial charge in [-0.15, -0.1) is 0 Å². The Bertz CT molecular complexity index is 1480. The number of nitrogens with zero attached hydrogens (tertiary/aromatic N) is 3. The molecule has 3 fully saturated rings. The van der Waals surface area contributed by atoms with Gasteiger partial charge in [0.1, 0.15) is 11.4 Å². The van der Waals surface area contributed by atoms with Gasteiger partial charge in [-0.2, -0.15) is 5.26 Å². The number of nitriles is 1. The average Bonchev–Trinajstić information content (AvgIpc) is 2.94. The van der Waals surface area contributed by atoms with Crippen molar-refractivity contribution in [1.29, 1.82) is 5.26 Å². The molecule has 40 heavy (non-hydrogen) atoms. The smallest absolute Gasteiger partial charge is 0.270 e. The number of carbonyl (C=O) groups is 1. The predicted octanol–water partition coefficient (Wildman–Crippen LogP) is 4.78. The fourth-order valence-electron chi connectivity index (χ4n) is 6.26. The van der Waals surface area contributed by atoms with Crippen LogP contribution in [0.4, 0.5) is 5.69 Å². The van der Waals surface area contributed by atoms with Gasteiger partial charge in [0.2, 0.25) is 0 Å². The van der Waals surface area contributed by atoms with Crippen molar-refractivity contribution in [2.24, 2.45) is 5.41 Å². The summed E-state index contributed by atoms with van der Waals surface area (Å²) in [7, 11) is 1.62. The summed E-state index contributed by atoms with van der Waals surface area (Å²) >= 11 is 0. The normalized spacial score (nSPS) is 21.6. The summed E-state index contributed by atoms with van der Waals surface area (Å²) in [5.74, 6) is 0.552. The van der Waals surface area contributed by atoms with Crippen LogP contribution in [0.2, 0.25) is 0 Å². The third-order valence-corrected chi connectivity index (χ3v) is 8.56. The highest BCUT2D eigenvalue weighted by Crippen LogP contribution is 2.41. The Morgan fingerprint density at radius 2 is 1.95 bits per heavy atom. The van der Waals surface area contributed by atoms with Gasteiger partial charge in [-0.3, -0.25) is 9.69 Å². The Morgan fingerprint density at radius 1 is 1.18 bits per heavy atom. The largest absolute Gasteiger partial charge is 0.495 e. The number of ether oxygens (including phenoxy) is 2. The van der Waals surface area contributed by atoms with Gasteiger partial charge in [-0.05, 0) is 55.3 Å². The molecular formula is C32H35N5O3. The second kappa shape index (κ2) is 10.9. The number of amides is 1. The molecule has 2 aromatic carbocycles. The Kier molecular flexibility index (Phi) is 7.18. The van der Waals surface area contributed by atoms with Crippen LogP contribution >= 0.6 is 0 Å². The maximum absolute atomic E-state index is 13.2. The van der Waals surface area contributed by atoms with Crippen LogP contribution in [0.25, 0.3) is 22.0 Å². The van der Waals surface area contributed by atoms with Crippen LogP contribution in [0.5, 0.6) is 5.75 Å². The first-order chi connectivity index (χ1) is 19.5. The molecule has 3 heterocycles. The van der Waals surface area contributed by atoms with E-state index in [1.165, 1.54) is 13.1 Å². The summed E-state index contributed by atoms with van der Waals surface area (Å²) in [6, 6.07) is 18.4. The van der Waals surface area contributed by atoms with Crippen molar-refractivity contribution in [2.45, 2.75) is 37.8 Å². The van der Waals surface area contributed by atoms with Crippen LogP contribution in [0.3, 0.4) is 0 Å². The van der Waals surface area contributed by atoms with Gasteiger partial charge in [-0.1, -0.05) is 30.8 Å². The Morgan fingerprint density at radius 3 is 2.65 bits per heavy atom. The molecule has 1 saturated carbocycles. The van der Waals surface area contributed by atoms with Crippen LogP contribution in [0, 0.1) is 16.7 Å². The number of rotatable bonds is 8. The van der Waals surface area contributed by atoms with Crippen molar-refractivity contribution >= 4 is 22.4 Å². The van der Waals surface area contributed by atoms with Crippen LogP contribution < -0.4 is 15.4 Å². The molecule has 0 unspecified atom stereocenters. The summed E-state index contributed by atoms with van der Waals surface area (Å²) in [5.41, 5.74) is 3.70. The molecule has 2 N–H and O–H groups in total. The first-order valence-corrected chi connectivity index (χ1v) is 14.0. The summed E-state index contributed by atoms with van der Waals surface area (Å²) < 4.78 is 11.0. The molecule has 2 aliphatic heterocycles. The van der Waals surface area contributed by atoms with Crippen molar-refractivity contribution in [2.75, 3.05) is 45.3 Å². The quantitative estimate of drug-likeness (QED) is 0.399. The topological polar surface area (TPSA) is 99.5 Å². The van der Waals surface area contributed by atoms with Gasteiger partial charge in [0.25, 0.3) is 5.91 Å². The highest BCUT2D eigenvalue weighted by Gasteiger charge is 2.50. The highest BCUT2D eigenvalue weighted by molar-refractivity contribution is 5.99. The van der Waals surface area contributed by atoms with E-state index in [1.807, 2.05) is 42.5 Å².